The number of hydroxylamine groups is 2. The molecule has 1 unspecified atom stereocenters. The topological polar surface area (TPSA) is 50.8 Å². The van der Waals surface area contributed by atoms with Crippen molar-refractivity contribution in [1.82, 2.24) is 5.06 Å². The van der Waals surface area contributed by atoms with Crippen LogP contribution in [-0.4, -0.2) is 10.9 Å². The zero-order valence-corrected chi connectivity index (χ0v) is 9.59. The van der Waals surface area contributed by atoms with Gasteiger partial charge in [-0.1, -0.05) is 25.1 Å². The summed E-state index contributed by atoms with van der Waals surface area (Å²) in [5, 5.41) is 1.57. The first kappa shape index (κ1) is 10.4. The van der Waals surface area contributed by atoms with Gasteiger partial charge in [0.05, 0.1) is 0 Å². The van der Waals surface area contributed by atoms with E-state index >= 15 is 0 Å². The molecule has 1 aromatic carbocycles. The number of hydrogen-bond acceptors (Lipinski definition) is 4. The normalized spacial score (nSPS) is 25.3. The van der Waals surface area contributed by atoms with Crippen LogP contribution in [-0.2, 0) is 11.3 Å². The van der Waals surface area contributed by atoms with E-state index in [2.05, 4.69) is 6.92 Å². The number of para-hydroxylation sites is 1. The lowest BCUT2D eigenvalue weighted by Crippen LogP contribution is -2.34. The smallest absolute Gasteiger partial charge is 0.301 e. The second-order valence-corrected chi connectivity index (χ2v) is 4.05. The summed E-state index contributed by atoms with van der Waals surface area (Å²) < 4.78 is 5.85. The minimum atomic E-state index is -0.907. The molecule has 0 radical (unpaired) electrons. The molecule has 1 fully saturated rings. The highest BCUT2D eigenvalue weighted by atomic mass is 16.9. The molecule has 0 saturated carbocycles. The fraction of sp³-hybridized carbons (Fsp3) is 0.231. The van der Waals surface area contributed by atoms with Crippen molar-refractivity contribution in [3.05, 3.63) is 53.9 Å². The Morgan fingerprint density at radius 2 is 2.24 bits per heavy atom. The number of nitrogens with zero attached hydrogens (tertiary/aromatic N) is 1. The summed E-state index contributed by atoms with van der Waals surface area (Å²) in [4.78, 5) is 5.25. The van der Waals surface area contributed by atoms with E-state index in [0.717, 1.165) is 17.7 Å². The minimum Gasteiger partial charge on any atom is -0.455 e. The average molecular weight is 230 g/mol. The maximum atomic E-state index is 5.99. The highest BCUT2D eigenvalue weighted by Gasteiger charge is 2.56. The molecule has 2 aliphatic heterocycles. The predicted octanol–water partition coefficient (Wildman–Crippen LogP) is 1.90. The average Bonchev–Trinajstić information content (AvgIpc) is 3.03. The maximum Gasteiger partial charge on any atom is 0.301 e. The van der Waals surface area contributed by atoms with E-state index in [-0.39, 0.29) is 0 Å². The second-order valence-electron chi connectivity index (χ2n) is 4.05. The van der Waals surface area contributed by atoms with Crippen molar-refractivity contribution in [1.29, 1.82) is 0 Å². The predicted molar refractivity (Wildman–Crippen MR) is 63.5 cm³/mol. The van der Waals surface area contributed by atoms with E-state index in [1.165, 1.54) is 0 Å². The number of nitrogens with two attached hydrogens (primary N) is 1. The number of aryl methyl sites for hydroxylation is 1. The molecule has 0 amide bonds. The van der Waals surface area contributed by atoms with Crippen molar-refractivity contribution in [3.8, 4) is 5.75 Å². The highest BCUT2D eigenvalue weighted by molar-refractivity contribution is 5.37. The van der Waals surface area contributed by atoms with Gasteiger partial charge in [-0.2, -0.15) is 0 Å². The van der Waals surface area contributed by atoms with Crippen LogP contribution in [0.1, 0.15) is 12.5 Å². The van der Waals surface area contributed by atoms with Crippen LogP contribution in [0, 0.1) is 0 Å². The number of ether oxygens (including phenoxy) is 1. The Kier molecular flexibility index (Phi) is 2.21. The Morgan fingerprint density at radius 3 is 3.06 bits per heavy atom. The first-order valence-corrected chi connectivity index (χ1v) is 5.66. The molecule has 1 aromatic rings. The van der Waals surface area contributed by atoms with E-state index in [9.17, 15) is 0 Å². The Labute approximate surface area is 99.9 Å². The van der Waals surface area contributed by atoms with Crippen LogP contribution in [0.3, 0.4) is 0 Å². The fourth-order valence-corrected chi connectivity index (χ4v) is 1.87. The Hall–Kier alpha value is -1.78. The van der Waals surface area contributed by atoms with Crippen molar-refractivity contribution < 1.29 is 9.57 Å². The SMILES string of the molecule is CCc1ccccc1OC1=CC=CN2OC12N. The molecule has 4 nitrogen and oxygen atoms in total. The van der Waals surface area contributed by atoms with E-state index in [1.54, 1.807) is 11.3 Å². The van der Waals surface area contributed by atoms with Crippen LogP contribution in [0.15, 0.2) is 48.4 Å². The zero-order valence-electron chi connectivity index (χ0n) is 9.59. The van der Waals surface area contributed by atoms with Gasteiger partial charge in [0.15, 0.2) is 5.76 Å². The first-order chi connectivity index (χ1) is 8.24. The van der Waals surface area contributed by atoms with Crippen LogP contribution in [0.2, 0.25) is 0 Å². The van der Waals surface area contributed by atoms with E-state index < -0.39 is 5.85 Å². The number of benzene rings is 1. The second kappa shape index (κ2) is 3.61. The first-order valence-electron chi connectivity index (χ1n) is 5.66. The van der Waals surface area contributed by atoms with E-state index in [1.807, 2.05) is 36.4 Å². The maximum absolute atomic E-state index is 5.99. The number of allylic oxidation sites excluding steroid dienone is 2. The summed E-state index contributed by atoms with van der Waals surface area (Å²) in [5.41, 5.74) is 7.15. The van der Waals surface area contributed by atoms with E-state index in [4.69, 9.17) is 15.3 Å². The van der Waals surface area contributed by atoms with Gasteiger partial charge in [0.2, 0.25) is 0 Å². The van der Waals surface area contributed by atoms with Gasteiger partial charge in [-0.25, -0.2) is 9.90 Å². The summed E-state index contributed by atoms with van der Waals surface area (Å²) in [5.74, 6) is 0.535. The molecular weight excluding hydrogens is 216 g/mol. The van der Waals surface area contributed by atoms with Crippen molar-refractivity contribution in [2.24, 2.45) is 5.73 Å². The molecule has 2 aliphatic rings. The molecular formula is C13H14N2O2. The fourth-order valence-electron chi connectivity index (χ4n) is 1.87. The van der Waals surface area contributed by atoms with Gasteiger partial charge in [-0.3, -0.25) is 5.73 Å². The molecule has 0 aliphatic carbocycles. The molecule has 0 spiro atoms. The third kappa shape index (κ3) is 1.62. The van der Waals surface area contributed by atoms with Gasteiger partial charge < -0.3 is 4.74 Å². The summed E-state index contributed by atoms with van der Waals surface area (Å²) in [6.07, 6.45) is 6.37. The third-order valence-corrected chi connectivity index (χ3v) is 2.93. The summed E-state index contributed by atoms with van der Waals surface area (Å²) >= 11 is 0. The van der Waals surface area contributed by atoms with Gasteiger partial charge in [0.1, 0.15) is 5.75 Å². The van der Waals surface area contributed by atoms with Crippen molar-refractivity contribution >= 4 is 0 Å². The van der Waals surface area contributed by atoms with Gasteiger partial charge in [0, 0.05) is 6.20 Å². The Morgan fingerprint density at radius 1 is 1.41 bits per heavy atom. The van der Waals surface area contributed by atoms with Gasteiger partial charge in [-0.05, 0) is 30.2 Å². The zero-order chi connectivity index (χ0) is 11.9. The van der Waals surface area contributed by atoms with Gasteiger partial charge >= 0.3 is 5.85 Å². The lowest BCUT2D eigenvalue weighted by Gasteiger charge is -2.16. The lowest BCUT2D eigenvalue weighted by atomic mass is 10.1. The molecule has 0 bridgehead atoms. The summed E-state index contributed by atoms with van der Waals surface area (Å²) in [6.45, 7) is 2.09. The minimum absolute atomic E-state index is 0.612. The molecule has 0 aromatic heterocycles. The molecule has 17 heavy (non-hydrogen) atoms. The van der Waals surface area contributed by atoms with Crippen molar-refractivity contribution in [3.63, 3.8) is 0 Å². The summed E-state index contributed by atoms with van der Waals surface area (Å²) in [6, 6.07) is 7.93. The summed E-state index contributed by atoms with van der Waals surface area (Å²) in [7, 11) is 0. The molecule has 1 atom stereocenters. The highest BCUT2D eigenvalue weighted by Crippen LogP contribution is 2.40. The Bertz CT molecular complexity index is 510. The van der Waals surface area contributed by atoms with Crippen molar-refractivity contribution in [2.45, 2.75) is 19.2 Å². The molecule has 2 N–H and O–H groups in total. The molecule has 3 rings (SSSR count). The van der Waals surface area contributed by atoms with Crippen LogP contribution in [0.25, 0.3) is 0 Å². The number of hydrogen-bond donors (Lipinski definition) is 1. The molecule has 1 saturated heterocycles. The van der Waals surface area contributed by atoms with Gasteiger partial charge in [0.25, 0.3) is 0 Å². The quantitative estimate of drug-likeness (QED) is 0.806. The molecule has 4 heteroatoms. The molecule has 88 valence electrons. The van der Waals surface area contributed by atoms with Crippen molar-refractivity contribution in [2.75, 3.05) is 0 Å². The van der Waals surface area contributed by atoms with Crippen LogP contribution in [0.4, 0.5) is 0 Å². The van der Waals surface area contributed by atoms with Crippen LogP contribution >= 0.6 is 0 Å². The Balaban J connectivity index is 1.88. The third-order valence-electron chi connectivity index (χ3n) is 2.93. The number of fused-ring (bicyclic) bond motifs is 1. The largest absolute Gasteiger partial charge is 0.455 e. The standard InChI is InChI=1S/C13H14N2O2/c1-2-10-6-3-4-7-11(10)16-12-8-5-9-15-13(12,14)17-15/h3-9H,2,14H2,1H3. The van der Waals surface area contributed by atoms with Crippen LogP contribution in [0.5, 0.6) is 5.75 Å². The van der Waals surface area contributed by atoms with Gasteiger partial charge in [-0.15, -0.1) is 0 Å². The number of rotatable bonds is 3. The van der Waals surface area contributed by atoms with E-state index in [0.29, 0.717) is 5.76 Å². The molecule has 2 heterocycles. The van der Waals surface area contributed by atoms with Crippen LogP contribution < -0.4 is 10.5 Å². The monoisotopic (exact) mass is 230 g/mol. The lowest BCUT2D eigenvalue weighted by molar-refractivity contribution is 0.228.